The summed E-state index contributed by atoms with van der Waals surface area (Å²) in [4.78, 5) is 23.4. The van der Waals surface area contributed by atoms with Crippen LogP contribution in [-0.4, -0.2) is 35.8 Å². The molecular formula is C18H20N4O3. The third kappa shape index (κ3) is 3.50. The van der Waals surface area contributed by atoms with Crippen molar-refractivity contribution in [3.8, 4) is 11.5 Å². The van der Waals surface area contributed by atoms with Crippen LogP contribution in [0.25, 0.3) is 0 Å². The van der Waals surface area contributed by atoms with Crippen LogP contribution in [0, 0.1) is 0 Å². The summed E-state index contributed by atoms with van der Waals surface area (Å²) >= 11 is 0. The van der Waals surface area contributed by atoms with Crippen molar-refractivity contribution in [2.45, 2.75) is 25.7 Å². The van der Waals surface area contributed by atoms with E-state index in [0.717, 1.165) is 19.0 Å². The second-order valence-corrected chi connectivity index (χ2v) is 6.20. The molecule has 1 N–H and O–H groups in total. The lowest BCUT2D eigenvalue weighted by Crippen LogP contribution is -2.26. The molecule has 1 fully saturated rings. The van der Waals surface area contributed by atoms with Gasteiger partial charge in [0.2, 0.25) is 12.7 Å². The zero-order valence-corrected chi connectivity index (χ0v) is 13.9. The first-order valence-electron chi connectivity index (χ1n) is 8.57. The van der Waals surface area contributed by atoms with Gasteiger partial charge in [-0.15, -0.1) is 0 Å². The number of aromatic nitrogens is 2. The van der Waals surface area contributed by atoms with Crippen molar-refractivity contribution >= 4 is 17.5 Å². The maximum Gasteiger partial charge on any atom is 0.255 e. The molecule has 4 rings (SSSR count). The Morgan fingerprint density at radius 3 is 2.48 bits per heavy atom. The van der Waals surface area contributed by atoms with Crippen LogP contribution in [0.3, 0.4) is 0 Å². The van der Waals surface area contributed by atoms with Crippen molar-refractivity contribution in [1.29, 1.82) is 0 Å². The summed E-state index contributed by atoms with van der Waals surface area (Å²) in [6.45, 7) is 2.16. The van der Waals surface area contributed by atoms with E-state index in [1.165, 1.54) is 25.7 Å². The normalized spacial score (nSPS) is 16.4. The molecule has 3 heterocycles. The number of carbonyl (C=O) groups excluding carboxylic acids is 1. The molecular weight excluding hydrogens is 320 g/mol. The van der Waals surface area contributed by atoms with Crippen molar-refractivity contribution in [3.63, 3.8) is 0 Å². The first-order valence-corrected chi connectivity index (χ1v) is 8.57. The number of anilines is 2. The average Bonchev–Trinajstić information content (AvgIpc) is 2.94. The Kier molecular flexibility index (Phi) is 4.37. The van der Waals surface area contributed by atoms with E-state index in [4.69, 9.17) is 9.47 Å². The lowest BCUT2D eigenvalue weighted by atomic mass is 10.2. The molecule has 0 bridgehead atoms. The maximum atomic E-state index is 12.4. The zero-order chi connectivity index (χ0) is 17.1. The van der Waals surface area contributed by atoms with Crippen LogP contribution in [0.5, 0.6) is 11.5 Å². The Balaban J connectivity index is 1.43. The minimum atomic E-state index is -0.232. The van der Waals surface area contributed by atoms with Crippen molar-refractivity contribution in [2.24, 2.45) is 0 Å². The van der Waals surface area contributed by atoms with Gasteiger partial charge in [0, 0.05) is 18.7 Å². The monoisotopic (exact) mass is 340 g/mol. The van der Waals surface area contributed by atoms with E-state index in [1.807, 2.05) is 0 Å². The number of amides is 1. The van der Waals surface area contributed by atoms with E-state index in [0.29, 0.717) is 22.7 Å². The molecule has 0 spiro atoms. The fourth-order valence-corrected chi connectivity index (χ4v) is 3.06. The quantitative estimate of drug-likeness (QED) is 0.926. The van der Waals surface area contributed by atoms with Crippen LogP contribution in [0.4, 0.5) is 11.6 Å². The van der Waals surface area contributed by atoms with Crippen molar-refractivity contribution in [1.82, 2.24) is 9.97 Å². The number of carbonyl (C=O) groups is 1. The van der Waals surface area contributed by atoms with Gasteiger partial charge in [0.05, 0.1) is 18.1 Å². The van der Waals surface area contributed by atoms with Gasteiger partial charge >= 0.3 is 0 Å². The Morgan fingerprint density at radius 2 is 1.72 bits per heavy atom. The standard InChI is InChI=1S/C18H20N4O3/c23-17(13-5-6-15-16(9-13)25-12-24-15)21-14-10-19-18(20-11-14)22-7-3-1-2-4-8-22/h5-6,9-11H,1-4,7-8,12H2,(H,21,23). The third-order valence-electron chi connectivity index (χ3n) is 4.42. The van der Waals surface area contributed by atoms with Gasteiger partial charge in [-0.25, -0.2) is 9.97 Å². The van der Waals surface area contributed by atoms with E-state index in [1.54, 1.807) is 30.6 Å². The van der Waals surface area contributed by atoms with Crippen molar-refractivity contribution < 1.29 is 14.3 Å². The van der Waals surface area contributed by atoms with Crippen LogP contribution < -0.4 is 19.7 Å². The predicted octanol–water partition coefficient (Wildman–Crippen LogP) is 2.84. The van der Waals surface area contributed by atoms with Crippen molar-refractivity contribution in [2.75, 3.05) is 30.1 Å². The highest BCUT2D eigenvalue weighted by Gasteiger charge is 2.17. The van der Waals surface area contributed by atoms with E-state index >= 15 is 0 Å². The highest BCUT2D eigenvalue weighted by molar-refractivity contribution is 6.04. The largest absolute Gasteiger partial charge is 0.454 e. The average molecular weight is 340 g/mol. The second-order valence-electron chi connectivity index (χ2n) is 6.20. The SMILES string of the molecule is O=C(Nc1cnc(N2CCCCCC2)nc1)c1ccc2c(c1)OCO2. The molecule has 2 aliphatic heterocycles. The summed E-state index contributed by atoms with van der Waals surface area (Å²) in [5.74, 6) is 1.73. The molecule has 0 aliphatic carbocycles. The molecule has 0 radical (unpaired) electrons. The van der Waals surface area contributed by atoms with Gasteiger partial charge in [-0.2, -0.15) is 0 Å². The molecule has 0 atom stereocenters. The third-order valence-corrected chi connectivity index (χ3v) is 4.42. The number of rotatable bonds is 3. The van der Waals surface area contributed by atoms with Crippen LogP contribution in [0.15, 0.2) is 30.6 Å². The molecule has 0 saturated carbocycles. The van der Waals surface area contributed by atoms with E-state index in [-0.39, 0.29) is 12.7 Å². The van der Waals surface area contributed by atoms with Gasteiger partial charge in [-0.1, -0.05) is 12.8 Å². The maximum absolute atomic E-state index is 12.4. The summed E-state index contributed by atoms with van der Waals surface area (Å²) in [6.07, 6.45) is 8.18. The number of nitrogens with one attached hydrogen (secondary N) is 1. The minimum Gasteiger partial charge on any atom is -0.454 e. The highest BCUT2D eigenvalue weighted by atomic mass is 16.7. The molecule has 1 aromatic heterocycles. The molecule has 7 heteroatoms. The molecule has 25 heavy (non-hydrogen) atoms. The van der Waals surface area contributed by atoms with E-state index < -0.39 is 0 Å². The summed E-state index contributed by atoms with van der Waals surface area (Å²) in [6, 6.07) is 5.11. The van der Waals surface area contributed by atoms with Crippen LogP contribution in [0.2, 0.25) is 0 Å². The molecule has 2 aliphatic rings. The van der Waals surface area contributed by atoms with Gasteiger partial charge < -0.3 is 19.7 Å². The summed E-state index contributed by atoms with van der Waals surface area (Å²) in [5, 5.41) is 2.81. The summed E-state index contributed by atoms with van der Waals surface area (Å²) in [7, 11) is 0. The van der Waals surface area contributed by atoms with Crippen LogP contribution in [-0.2, 0) is 0 Å². The first kappa shape index (κ1) is 15.7. The molecule has 7 nitrogen and oxygen atoms in total. The van der Waals surface area contributed by atoms with Gasteiger partial charge in [0.1, 0.15) is 0 Å². The summed E-state index contributed by atoms with van der Waals surface area (Å²) in [5.41, 5.74) is 1.07. The van der Waals surface area contributed by atoms with Crippen LogP contribution in [0.1, 0.15) is 36.0 Å². The van der Waals surface area contributed by atoms with E-state index in [2.05, 4.69) is 20.2 Å². The number of benzene rings is 1. The smallest absolute Gasteiger partial charge is 0.255 e. The Bertz CT molecular complexity index is 755. The fraction of sp³-hybridized carbons (Fsp3) is 0.389. The zero-order valence-electron chi connectivity index (χ0n) is 13.9. The Morgan fingerprint density at radius 1 is 1.00 bits per heavy atom. The van der Waals surface area contributed by atoms with Gasteiger partial charge in [-0.3, -0.25) is 4.79 Å². The molecule has 2 aromatic rings. The first-order chi connectivity index (χ1) is 12.3. The topological polar surface area (TPSA) is 76.6 Å². The molecule has 1 saturated heterocycles. The Hall–Kier alpha value is -2.83. The van der Waals surface area contributed by atoms with Gasteiger partial charge in [0.25, 0.3) is 5.91 Å². The number of hydrogen-bond donors (Lipinski definition) is 1. The molecule has 0 unspecified atom stereocenters. The Labute approximate surface area is 146 Å². The van der Waals surface area contributed by atoms with E-state index in [9.17, 15) is 4.79 Å². The number of ether oxygens (including phenoxy) is 2. The molecule has 130 valence electrons. The molecule has 1 amide bonds. The number of fused-ring (bicyclic) bond motifs is 1. The van der Waals surface area contributed by atoms with Crippen LogP contribution >= 0.6 is 0 Å². The van der Waals surface area contributed by atoms with Gasteiger partial charge in [0.15, 0.2) is 11.5 Å². The van der Waals surface area contributed by atoms with Crippen molar-refractivity contribution in [3.05, 3.63) is 36.2 Å². The lowest BCUT2D eigenvalue weighted by Gasteiger charge is -2.19. The predicted molar refractivity (Wildman–Crippen MR) is 93.2 cm³/mol. The molecule has 1 aromatic carbocycles. The second kappa shape index (κ2) is 6.96. The number of hydrogen-bond acceptors (Lipinski definition) is 6. The fourth-order valence-electron chi connectivity index (χ4n) is 3.06. The lowest BCUT2D eigenvalue weighted by molar-refractivity contribution is 0.102. The number of nitrogens with zero attached hydrogens (tertiary/aromatic N) is 3. The van der Waals surface area contributed by atoms with Gasteiger partial charge in [-0.05, 0) is 31.0 Å². The minimum absolute atomic E-state index is 0.187. The highest BCUT2D eigenvalue weighted by Crippen LogP contribution is 2.32. The summed E-state index contributed by atoms with van der Waals surface area (Å²) < 4.78 is 10.6.